The quantitative estimate of drug-likeness (QED) is 0.479. The molecule has 0 aromatic rings. The number of hydrogen-bond acceptors (Lipinski definition) is 3. The molecule has 0 spiro atoms. The van der Waals surface area contributed by atoms with Crippen LogP contribution in [0.1, 0.15) is 6.92 Å². The molecule has 0 aromatic carbocycles. The summed E-state index contributed by atoms with van der Waals surface area (Å²) in [4.78, 5) is 22.8. The highest BCUT2D eigenvalue weighted by Gasteiger charge is 2.23. The number of aldehydes is 1. The van der Waals surface area contributed by atoms with Crippen LogP contribution in [0.15, 0.2) is 0 Å². The molecule has 4 nitrogen and oxygen atoms in total. The number of rotatable bonds is 1. The van der Waals surface area contributed by atoms with Crippen molar-refractivity contribution in [1.82, 2.24) is 4.90 Å². The summed E-state index contributed by atoms with van der Waals surface area (Å²) in [5.41, 5.74) is 0. The van der Waals surface area contributed by atoms with Crippen LogP contribution >= 0.6 is 0 Å². The first-order valence-electron chi connectivity index (χ1n) is 3.56. The van der Waals surface area contributed by atoms with Crippen LogP contribution in [0.2, 0.25) is 0 Å². The zero-order chi connectivity index (χ0) is 8.27. The van der Waals surface area contributed by atoms with Gasteiger partial charge in [0, 0.05) is 13.5 Å². The van der Waals surface area contributed by atoms with E-state index in [1.165, 1.54) is 11.8 Å². The Morgan fingerprint density at radius 2 is 2.45 bits per heavy atom. The number of ether oxygens (including phenoxy) is 1. The van der Waals surface area contributed by atoms with E-state index in [9.17, 15) is 9.59 Å². The van der Waals surface area contributed by atoms with Gasteiger partial charge in [-0.15, -0.1) is 0 Å². The third-order valence-corrected chi connectivity index (χ3v) is 1.73. The van der Waals surface area contributed by atoms with E-state index in [1.54, 1.807) is 0 Å². The fourth-order valence-corrected chi connectivity index (χ4v) is 1.13. The minimum Gasteiger partial charge on any atom is -0.377 e. The van der Waals surface area contributed by atoms with Gasteiger partial charge in [0.1, 0.15) is 12.3 Å². The summed E-state index contributed by atoms with van der Waals surface area (Å²) in [7, 11) is 0. The molecule has 1 heterocycles. The zero-order valence-corrected chi connectivity index (χ0v) is 6.45. The summed E-state index contributed by atoms with van der Waals surface area (Å²) in [6.07, 6.45) is 0.751. The molecule has 1 atom stereocenters. The molecule has 0 radical (unpaired) electrons. The maximum absolute atomic E-state index is 10.9. The molecule has 0 aromatic heterocycles. The van der Waals surface area contributed by atoms with Gasteiger partial charge in [0.05, 0.1) is 13.2 Å². The molecule has 62 valence electrons. The average molecular weight is 157 g/mol. The lowest BCUT2D eigenvalue weighted by Crippen LogP contribution is -2.48. The van der Waals surface area contributed by atoms with Gasteiger partial charge in [-0.1, -0.05) is 0 Å². The lowest BCUT2D eigenvalue weighted by atomic mass is 10.2. The summed E-state index contributed by atoms with van der Waals surface area (Å²) < 4.78 is 5.03. The molecule has 1 amide bonds. The van der Waals surface area contributed by atoms with Crippen LogP contribution in [0.4, 0.5) is 0 Å². The number of amides is 1. The number of morpholine rings is 1. The van der Waals surface area contributed by atoms with E-state index in [-0.39, 0.29) is 11.9 Å². The van der Waals surface area contributed by atoms with E-state index in [0.29, 0.717) is 19.8 Å². The Hall–Kier alpha value is -0.900. The molecule has 1 aliphatic rings. The van der Waals surface area contributed by atoms with Gasteiger partial charge in [0.25, 0.3) is 0 Å². The minimum atomic E-state index is -0.374. The molecule has 4 heteroatoms. The Morgan fingerprint density at radius 3 is 2.91 bits per heavy atom. The van der Waals surface area contributed by atoms with Gasteiger partial charge in [-0.25, -0.2) is 0 Å². The highest BCUT2D eigenvalue weighted by atomic mass is 16.5. The molecule has 0 aliphatic carbocycles. The summed E-state index contributed by atoms with van der Waals surface area (Å²) in [5, 5.41) is 0. The van der Waals surface area contributed by atoms with Crippen LogP contribution in [0.5, 0.6) is 0 Å². The zero-order valence-electron chi connectivity index (χ0n) is 6.45. The van der Waals surface area contributed by atoms with Gasteiger partial charge >= 0.3 is 0 Å². The molecule has 1 fully saturated rings. The smallest absolute Gasteiger partial charge is 0.220 e. The van der Waals surface area contributed by atoms with Crippen LogP contribution in [0.3, 0.4) is 0 Å². The average Bonchev–Trinajstić information content (AvgIpc) is 2.04. The lowest BCUT2D eigenvalue weighted by Gasteiger charge is -2.31. The Kier molecular flexibility index (Phi) is 2.59. The topological polar surface area (TPSA) is 46.6 Å². The first-order chi connectivity index (χ1) is 5.25. The first-order valence-corrected chi connectivity index (χ1v) is 3.56. The highest BCUT2D eigenvalue weighted by Crippen LogP contribution is 2.04. The standard InChI is InChI=1S/C7H11NO3/c1-6(10)8-2-3-11-5-7(8)4-9/h4,7H,2-3,5H2,1H3. The molecular formula is C7H11NO3. The monoisotopic (exact) mass is 157 g/mol. The fraction of sp³-hybridized carbons (Fsp3) is 0.714. The van der Waals surface area contributed by atoms with E-state index in [1.807, 2.05) is 0 Å². The molecule has 1 aliphatic heterocycles. The second-order valence-corrected chi connectivity index (χ2v) is 2.49. The third-order valence-electron chi connectivity index (χ3n) is 1.73. The Morgan fingerprint density at radius 1 is 1.73 bits per heavy atom. The van der Waals surface area contributed by atoms with Gasteiger partial charge in [0.2, 0.25) is 5.91 Å². The summed E-state index contributed by atoms with van der Waals surface area (Å²) in [5.74, 6) is -0.0644. The van der Waals surface area contributed by atoms with Gasteiger partial charge in [-0.3, -0.25) is 4.79 Å². The summed E-state index contributed by atoms with van der Waals surface area (Å²) >= 11 is 0. The van der Waals surface area contributed by atoms with Crippen molar-refractivity contribution in [2.75, 3.05) is 19.8 Å². The maximum atomic E-state index is 10.9. The molecular weight excluding hydrogens is 146 g/mol. The van der Waals surface area contributed by atoms with Crippen molar-refractivity contribution in [2.45, 2.75) is 13.0 Å². The third kappa shape index (κ3) is 1.77. The second-order valence-electron chi connectivity index (χ2n) is 2.49. The van der Waals surface area contributed by atoms with Gasteiger partial charge in [-0.2, -0.15) is 0 Å². The predicted octanol–water partition coefficient (Wildman–Crippen LogP) is -0.567. The molecule has 1 unspecified atom stereocenters. The van der Waals surface area contributed by atoms with Crippen LogP contribution < -0.4 is 0 Å². The first kappa shape index (κ1) is 8.20. The SMILES string of the molecule is CC(=O)N1CCOCC1C=O. The summed E-state index contributed by atoms with van der Waals surface area (Å²) in [6, 6.07) is -0.374. The van der Waals surface area contributed by atoms with Crippen molar-refractivity contribution in [3.05, 3.63) is 0 Å². The van der Waals surface area contributed by atoms with E-state index < -0.39 is 0 Å². The van der Waals surface area contributed by atoms with Crippen LogP contribution in [-0.4, -0.2) is 42.9 Å². The molecule has 0 saturated carbocycles. The minimum absolute atomic E-state index is 0.0644. The van der Waals surface area contributed by atoms with E-state index in [2.05, 4.69) is 0 Å². The van der Waals surface area contributed by atoms with Crippen molar-refractivity contribution in [3.63, 3.8) is 0 Å². The number of carbonyl (C=O) groups excluding carboxylic acids is 2. The highest BCUT2D eigenvalue weighted by molar-refractivity contribution is 5.77. The van der Waals surface area contributed by atoms with Gasteiger partial charge in [-0.05, 0) is 0 Å². The fourth-order valence-electron chi connectivity index (χ4n) is 1.13. The van der Waals surface area contributed by atoms with Crippen molar-refractivity contribution < 1.29 is 14.3 Å². The van der Waals surface area contributed by atoms with Crippen molar-refractivity contribution >= 4 is 12.2 Å². The summed E-state index contributed by atoms with van der Waals surface area (Å²) in [6.45, 7) is 2.85. The Labute approximate surface area is 65.1 Å². The second kappa shape index (κ2) is 3.48. The van der Waals surface area contributed by atoms with Crippen LogP contribution in [0.25, 0.3) is 0 Å². The van der Waals surface area contributed by atoms with Crippen LogP contribution in [0, 0.1) is 0 Å². The molecule has 1 saturated heterocycles. The Balaban J connectivity index is 2.58. The maximum Gasteiger partial charge on any atom is 0.220 e. The van der Waals surface area contributed by atoms with Crippen LogP contribution in [-0.2, 0) is 14.3 Å². The van der Waals surface area contributed by atoms with Crippen molar-refractivity contribution in [2.24, 2.45) is 0 Å². The Bertz CT molecular complexity index is 169. The van der Waals surface area contributed by atoms with Crippen molar-refractivity contribution in [3.8, 4) is 0 Å². The van der Waals surface area contributed by atoms with E-state index >= 15 is 0 Å². The normalized spacial score (nSPS) is 24.8. The van der Waals surface area contributed by atoms with E-state index in [4.69, 9.17) is 4.74 Å². The predicted molar refractivity (Wildman–Crippen MR) is 38.1 cm³/mol. The molecule has 1 rings (SSSR count). The van der Waals surface area contributed by atoms with Gasteiger partial charge < -0.3 is 14.4 Å². The molecule has 11 heavy (non-hydrogen) atoms. The lowest BCUT2D eigenvalue weighted by molar-refractivity contribution is -0.141. The van der Waals surface area contributed by atoms with E-state index in [0.717, 1.165) is 6.29 Å². The number of nitrogens with zero attached hydrogens (tertiary/aromatic N) is 1. The van der Waals surface area contributed by atoms with Gasteiger partial charge in [0.15, 0.2) is 0 Å². The van der Waals surface area contributed by atoms with Crippen molar-refractivity contribution in [1.29, 1.82) is 0 Å². The molecule has 0 N–H and O–H groups in total. The number of carbonyl (C=O) groups is 2. The molecule has 0 bridgehead atoms. The largest absolute Gasteiger partial charge is 0.377 e. The number of hydrogen-bond donors (Lipinski definition) is 0.